The first-order valence-electron chi connectivity index (χ1n) is 10.4. The van der Waals surface area contributed by atoms with Gasteiger partial charge in [-0.2, -0.15) is 0 Å². The Balaban J connectivity index is 1.95. The first-order valence-corrected chi connectivity index (χ1v) is 10.4. The van der Waals surface area contributed by atoms with Crippen LogP contribution in [0.3, 0.4) is 0 Å². The van der Waals surface area contributed by atoms with Crippen LogP contribution in [0.25, 0.3) is 0 Å². The molecule has 1 aromatic carbocycles. The van der Waals surface area contributed by atoms with Crippen LogP contribution in [0, 0.1) is 0 Å². The average Bonchev–Trinajstić information content (AvgIpc) is 3.21. The van der Waals surface area contributed by atoms with Gasteiger partial charge in [-0.3, -0.25) is 4.68 Å². The summed E-state index contributed by atoms with van der Waals surface area (Å²) in [6.45, 7) is 8.12. The largest absolute Gasteiger partial charge is 0.463 e. The number of aryl methyl sites for hydroxylation is 2. The second kappa shape index (κ2) is 10.1. The number of carbonyl (C=O) groups is 2. The maximum Gasteiger partial charge on any atom is 0.336 e. The molecule has 0 spiro atoms. The van der Waals surface area contributed by atoms with Gasteiger partial charge in [0.15, 0.2) is 0 Å². The molecule has 0 saturated carbocycles. The zero-order chi connectivity index (χ0) is 22.4. The van der Waals surface area contributed by atoms with Crippen LogP contribution < -0.4 is 5.32 Å². The molecule has 8 nitrogen and oxygen atoms in total. The number of nitrogens with zero attached hydrogens (tertiary/aromatic N) is 3. The fraction of sp³-hybridized carbons (Fsp3) is 0.391. The van der Waals surface area contributed by atoms with E-state index in [0.717, 1.165) is 6.42 Å². The van der Waals surface area contributed by atoms with Crippen molar-refractivity contribution >= 4 is 11.9 Å². The van der Waals surface area contributed by atoms with Crippen molar-refractivity contribution in [3.8, 4) is 0 Å². The predicted octanol–water partition coefficient (Wildman–Crippen LogP) is 2.88. The highest BCUT2D eigenvalue weighted by molar-refractivity contribution is 5.99. The van der Waals surface area contributed by atoms with Gasteiger partial charge in [0.2, 0.25) is 0 Å². The molecule has 3 rings (SSSR count). The molecule has 0 radical (unpaired) electrons. The number of aromatic nitrogens is 3. The maximum absolute atomic E-state index is 12.8. The summed E-state index contributed by atoms with van der Waals surface area (Å²) in [7, 11) is 0. The molecule has 0 amide bonds. The van der Waals surface area contributed by atoms with Gasteiger partial charge in [-0.1, -0.05) is 35.5 Å². The van der Waals surface area contributed by atoms with Crippen molar-refractivity contribution in [2.75, 3.05) is 13.2 Å². The molecule has 2 aromatic rings. The van der Waals surface area contributed by atoms with Gasteiger partial charge >= 0.3 is 11.9 Å². The van der Waals surface area contributed by atoms with E-state index in [9.17, 15) is 9.59 Å². The molecule has 0 saturated heterocycles. The molecule has 1 aliphatic rings. The van der Waals surface area contributed by atoms with Crippen molar-refractivity contribution in [1.82, 2.24) is 20.3 Å². The van der Waals surface area contributed by atoms with Crippen LogP contribution in [-0.4, -0.2) is 40.1 Å². The Bertz CT molecular complexity index is 968. The van der Waals surface area contributed by atoms with Gasteiger partial charge in [0.25, 0.3) is 0 Å². The minimum Gasteiger partial charge on any atom is -0.463 e. The normalized spacial score (nSPS) is 14.5. The first-order chi connectivity index (χ1) is 15.0. The lowest BCUT2D eigenvalue weighted by Gasteiger charge is -2.28. The summed E-state index contributed by atoms with van der Waals surface area (Å²) in [5.41, 5.74) is 3.60. The molecule has 0 fully saturated rings. The summed E-state index contributed by atoms with van der Waals surface area (Å²) in [6.07, 6.45) is 2.56. The molecular weight excluding hydrogens is 396 g/mol. The topological polar surface area (TPSA) is 95.3 Å². The van der Waals surface area contributed by atoms with Crippen LogP contribution >= 0.6 is 0 Å². The minimum atomic E-state index is -0.718. The Morgan fingerprint density at radius 1 is 1.00 bits per heavy atom. The van der Waals surface area contributed by atoms with Crippen LogP contribution in [0.15, 0.2) is 59.1 Å². The van der Waals surface area contributed by atoms with Crippen LogP contribution in [0.1, 0.15) is 44.9 Å². The number of hydrogen-bond donors (Lipinski definition) is 1. The number of rotatable bonds is 8. The summed E-state index contributed by atoms with van der Waals surface area (Å²) in [5.74, 6) is -1.71. The van der Waals surface area contributed by atoms with Crippen molar-refractivity contribution in [3.05, 3.63) is 70.3 Å². The van der Waals surface area contributed by atoms with Gasteiger partial charge in [-0.25, -0.2) is 9.59 Å². The third-order valence-electron chi connectivity index (χ3n) is 5.08. The van der Waals surface area contributed by atoms with E-state index in [2.05, 4.69) is 27.8 Å². The van der Waals surface area contributed by atoms with E-state index in [1.54, 1.807) is 38.6 Å². The Morgan fingerprint density at radius 3 is 2.13 bits per heavy atom. The van der Waals surface area contributed by atoms with Gasteiger partial charge in [0.05, 0.1) is 36.0 Å². The van der Waals surface area contributed by atoms with E-state index in [-0.39, 0.29) is 13.2 Å². The monoisotopic (exact) mass is 424 g/mol. The molecule has 164 valence electrons. The molecule has 1 aliphatic heterocycles. The molecular formula is C23H28N4O4. The van der Waals surface area contributed by atoms with E-state index < -0.39 is 17.9 Å². The van der Waals surface area contributed by atoms with Crippen molar-refractivity contribution in [3.63, 3.8) is 0 Å². The average molecular weight is 425 g/mol. The van der Waals surface area contributed by atoms with Gasteiger partial charge in [-0.05, 0) is 39.7 Å². The Kier molecular flexibility index (Phi) is 7.23. The highest BCUT2D eigenvalue weighted by Gasteiger charge is 2.39. The van der Waals surface area contributed by atoms with Gasteiger partial charge in [0, 0.05) is 24.1 Å². The number of benzene rings is 1. The molecule has 31 heavy (non-hydrogen) atoms. The third kappa shape index (κ3) is 5.02. The first kappa shape index (κ1) is 22.3. The number of esters is 2. The number of ether oxygens (including phenoxy) is 2. The van der Waals surface area contributed by atoms with Crippen molar-refractivity contribution in [2.24, 2.45) is 0 Å². The molecule has 2 heterocycles. The van der Waals surface area contributed by atoms with Gasteiger partial charge < -0.3 is 14.8 Å². The second-order valence-electron chi connectivity index (χ2n) is 7.22. The fourth-order valence-corrected chi connectivity index (χ4v) is 3.69. The molecule has 1 N–H and O–H groups in total. The number of hydrogen-bond acceptors (Lipinski definition) is 7. The van der Waals surface area contributed by atoms with E-state index in [0.29, 0.717) is 34.8 Å². The summed E-state index contributed by atoms with van der Waals surface area (Å²) in [4.78, 5) is 25.6. The minimum absolute atomic E-state index is 0.226. The number of dihydropyridines is 1. The van der Waals surface area contributed by atoms with Gasteiger partial charge in [0.1, 0.15) is 0 Å². The zero-order valence-corrected chi connectivity index (χ0v) is 18.3. The molecule has 0 atom stereocenters. The lowest BCUT2D eigenvalue weighted by atomic mass is 9.83. The number of allylic oxidation sites excluding steroid dienone is 2. The van der Waals surface area contributed by atoms with Crippen LogP contribution in [0.5, 0.6) is 0 Å². The summed E-state index contributed by atoms with van der Waals surface area (Å²) in [5, 5.41) is 11.7. The number of carbonyl (C=O) groups excluding carboxylic acids is 2. The molecule has 0 aliphatic carbocycles. The highest BCUT2D eigenvalue weighted by atomic mass is 16.5. The van der Waals surface area contributed by atoms with Crippen LogP contribution in [0.4, 0.5) is 0 Å². The summed E-state index contributed by atoms with van der Waals surface area (Å²) < 4.78 is 12.3. The van der Waals surface area contributed by atoms with E-state index in [1.807, 2.05) is 18.2 Å². The summed E-state index contributed by atoms with van der Waals surface area (Å²) in [6, 6.07) is 10.1. The van der Waals surface area contributed by atoms with E-state index >= 15 is 0 Å². The van der Waals surface area contributed by atoms with Crippen molar-refractivity contribution in [1.29, 1.82) is 0 Å². The lowest BCUT2D eigenvalue weighted by molar-refractivity contribution is -0.139. The van der Waals surface area contributed by atoms with Crippen LogP contribution in [0.2, 0.25) is 0 Å². The lowest BCUT2D eigenvalue weighted by Crippen LogP contribution is -2.32. The molecule has 0 bridgehead atoms. The third-order valence-corrected chi connectivity index (χ3v) is 5.08. The SMILES string of the molecule is CCOC(=O)C1=C(C)NC(C)=C(C(=O)OCC)C1c1cn(CCc2ccccc2)nn1. The van der Waals surface area contributed by atoms with Crippen molar-refractivity contribution < 1.29 is 19.1 Å². The molecule has 0 unspecified atom stereocenters. The Hall–Kier alpha value is -3.42. The molecule has 8 heteroatoms. The highest BCUT2D eigenvalue weighted by Crippen LogP contribution is 2.38. The van der Waals surface area contributed by atoms with Crippen molar-refractivity contribution in [2.45, 2.75) is 46.6 Å². The van der Waals surface area contributed by atoms with E-state index in [4.69, 9.17) is 9.47 Å². The molecule has 1 aromatic heterocycles. The second-order valence-corrected chi connectivity index (χ2v) is 7.22. The standard InChI is InChI=1S/C23H28N4O4/c1-5-30-22(28)19-15(3)24-16(4)20(23(29)31-6-2)21(19)18-14-27(26-25-18)13-12-17-10-8-7-9-11-17/h7-11,14,21,24H,5-6,12-13H2,1-4H3. The van der Waals surface area contributed by atoms with Crippen LogP contribution in [-0.2, 0) is 32.0 Å². The zero-order valence-electron chi connectivity index (χ0n) is 18.3. The quantitative estimate of drug-likeness (QED) is 0.651. The number of nitrogens with one attached hydrogen (secondary N) is 1. The fourth-order valence-electron chi connectivity index (χ4n) is 3.69. The summed E-state index contributed by atoms with van der Waals surface area (Å²) >= 11 is 0. The van der Waals surface area contributed by atoms with E-state index in [1.165, 1.54) is 5.56 Å². The predicted molar refractivity (Wildman–Crippen MR) is 115 cm³/mol. The Labute approximate surface area is 181 Å². The van der Waals surface area contributed by atoms with Gasteiger partial charge in [-0.15, -0.1) is 5.10 Å². The maximum atomic E-state index is 12.8. The Morgan fingerprint density at radius 2 is 1.58 bits per heavy atom. The smallest absolute Gasteiger partial charge is 0.336 e.